The smallest absolute Gasteiger partial charge is 0.275 e. The van der Waals surface area contributed by atoms with E-state index in [-0.39, 0.29) is 5.56 Å². The van der Waals surface area contributed by atoms with Crippen LogP contribution in [-0.2, 0) is 6.42 Å². The first-order valence-electron chi connectivity index (χ1n) is 7.58. The average Bonchev–Trinajstić information content (AvgIpc) is 2.84. The first kappa shape index (κ1) is 14.4. The van der Waals surface area contributed by atoms with Crippen molar-refractivity contribution in [2.45, 2.75) is 27.2 Å². The highest BCUT2D eigenvalue weighted by Crippen LogP contribution is 2.22. The topological polar surface area (TPSA) is 37.8 Å². The predicted octanol–water partition coefficient (Wildman–Crippen LogP) is 4.01. The minimum atomic E-state index is 0.0355. The Morgan fingerprint density at radius 1 is 1.05 bits per heavy atom. The van der Waals surface area contributed by atoms with Gasteiger partial charge in [0, 0.05) is 11.1 Å². The summed E-state index contributed by atoms with van der Waals surface area (Å²) in [5.41, 5.74) is 6.00. The summed E-state index contributed by atoms with van der Waals surface area (Å²) in [5, 5.41) is 3.31. The van der Waals surface area contributed by atoms with Crippen LogP contribution in [0.5, 0.6) is 0 Å². The first-order valence-corrected chi connectivity index (χ1v) is 7.58. The zero-order valence-corrected chi connectivity index (χ0v) is 13.2. The molecule has 0 aliphatic carbocycles. The molecule has 3 aromatic rings. The van der Waals surface area contributed by atoms with Crippen LogP contribution in [-0.4, -0.2) is 9.78 Å². The molecule has 3 nitrogen and oxygen atoms in total. The Hall–Kier alpha value is -2.55. The van der Waals surface area contributed by atoms with E-state index >= 15 is 0 Å². The van der Waals surface area contributed by atoms with E-state index in [0.29, 0.717) is 6.42 Å². The molecule has 1 N–H and O–H groups in total. The Labute approximate surface area is 130 Å². The molecular weight excluding hydrogens is 272 g/mol. The van der Waals surface area contributed by atoms with Gasteiger partial charge in [-0.1, -0.05) is 48.9 Å². The molecule has 22 heavy (non-hydrogen) atoms. The molecule has 0 atom stereocenters. The zero-order chi connectivity index (χ0) is 15.7. The molecule has 1 aromatic heterocycles. The van der Waals surface area contributed by atoms with E-state index in [2.05, 4.69) is 24.2 Å². The van der Waals surface area contributed by atoms with Crippen molar-refractivity contribution in [2.24, 2.45) is 0 Å². The van der Waals surface area contributed by atoms with E-state index in [1.807, 2.05) is 50.2 Å². The molecule has 1 heterocycles. The van der Waals surface area contributed by atoms with Gasteiger partial charge in [-0.2, -0.15) is 0 Å². The van der Waals surface area contributed by atoms with Gasteiger partial charge in [0.1, 0.15) is 0 Å². The number of aryl methyl sites for hydroxylation is 2. The monoisotopic (exact) mass is 292 g/mol. The summed E-state index contributed by atoms with van der Waals surface area (Å²) in [6, 6.07) is 16.1. The molecular formula is C19H20N2O. The van der Waals surface area contributed by atoms with E-state index in [0.717, 1.165) is 28.1 Å². The van der Waals surface area contributed by atoms with E-state index in [9.17, 15) is 4.79 Å². The normalized spacial score (nSPS) is 10.9. The number of hydrogen-bond donors (Lipinski definition) is 1. The summed E-state index contributed by atoms with van der Waals surface area (Å²) in [5.74, 6) is 0. The number of rotatable bonds is 3. The van der Waals surface area contributed by atoms with Gasteiger partial charge in [-0.3, -0.25) is 9.89 Å². The van der Waals surface area contributed by atoms with Crippen molar-refractivity contribution in [1.29, 1.82) is 0 Å². The van der Waals surface area contributed by atoms with Crippen LogP contribution in [0.25, 0.3) is 16.9 Å². The number of aromatic nitrogens is 2. The second-order valence-corrected chi connectivity index (χ2v) is 5.62. The standard InChI is InChI=1S/C19H20N2O/c1-4-16-18(15-10-7-8-13(2)12-15)20-21(19(16)22)17-11-6-5-9-14(17)3/h5-12,20H,4H2,1-3H3. The Morgan fingerprint density at radius 2 is 1.82 bits per heavy atom. The van der Waals surface area contributed by atoms with Crippen LogP contribution in [0, 0.1) is 13.8 Å². The molecule has 0 saturated carbocycles. The van der Waals surface area contributed by atoms with Gasteiger partial charge in [0.2, 0.25) is 0 Å². The van der Waals surface area contributed by atoms with E-state index < -0.39 is 0 Å². The van der Waals surface area contributed by atoms with Crippen molar-refractivity contribution in [3.63, 3.8) is 0 Å². The molecule has 0 fully saturated rings. The molecule has 3 heteroatoms. The summed E-state index contributed by atoms with van der Waals surface area (Å²) in [7, 11) is 0. The second-order valence-electron chi connectivity index (χ2n) is 5.62. The van der Waals surface area contributed by atoms with Crippen molar-refractivity contribution in [3.8, 4) is 16.9 Å². The van der Waals surface area contributed by atoms with Crippen molar-refractivity contribution in [3.05, 3.63) is 75.6 Å². The van der Waals surface area contributed by atoms with Gasteiger partial charge in [-0.25, -0.2) is 4.68 Å². The fourth-order valence-corrected chi connectivity index (χ4v) is 2.82. The average molecular weight is 292 g/mol. The third-order valence-corrected chi connectivity index (χ3v) is 4.00. The molecule has 0 saturated heterocycles. The van der Waals surface area contributed by atoms with E-state index in [1.54, 1.807) is 4.68 Å². The summed E-state index contributed by atoms with van der Waals surface area (Å²) in [6.07, 6.45) is 0.706. The summed E-state index contributed by atoms with van der Waals surface area (Å²) in [4.78, 5) is 12.8. The molecule has 0 radical (unpaired) electrons. The highest BCUT2D eigenvalue weighted by atomic mass is 16.1. The second kappa shape index (κ2) is 5.68. The Bertz CT molecular complexity index is 871. The predicted molar refractivity (Wildman–Crippen MR) is 90.7 cm³/mol. The lowest BCUT2D eigenvalue weighted by atomic mass is 10.0. The Balaban J connectivity index is 2.24. The molecule has 0 aliphatic rings. The molecule has 0 unspecified atom stereocenters. The van der Waals surface area contributed by atoms with Crippen LogP contribution in [0.4, 0.5) is 0 Å². The van der Waals surface area contributed by atoms with Crippen LogP contribution < -0.4 is 5.56 Å². The number of hydrogen-bond acceptors (Lipinski definition) is 1. The fourth-order valence-electron chi connectivity index (χ4n) is 2.82. The number of nitrogens with one attached hydrogen (secondary N) is 1. The van der Waals surface area contributed by atoms with E-state index in [4.69, 9.17) is 0 Å². The van der Waals surface area contributed by atoms with Crippen molar-refractivity contribution >= 4 is 0 Å². The maximum Gasteiger partial charge on any atom is 0.275 e. The summed E-state index contributed by atoms with van der Waals surface area (Å²) >= 11 is 0. The molecule has 0 spiro atoms. The van der Waals surface area contributed by atoms with Crippen molar-refractivity contribution < 1.29 is 0 Å². The van der Waals surface area contributed by atoms with Crippen LogP contribution >= 0.6 is 0 Å². The fraction of sp³-hybridized carbons (Fsp3) is 0.211. The molecule has 0 aliphatic heterocycles. The molecule has 0 amide bonds. The minimum absolute atomic E-state index is 0.0355. The maximum absolute atomic E-state index is 12.8. The Kier molecular flexibility index (Phi) is 3.72. The lowest BCUT2D eigenvalue weighted by molar-refractivity contribution is 0.842. The largest absolute Gasteiger partial charge is 0.290 e. The van der Waals surface area contributed by atoms with Gasteiger partial charge >= 0.3 is 0 Å². The van der Waals surface area contributed by atoms with Crippen LogP contribution in [0.3, 0.4) is 0 Å². The van der Waals surface area contributed by atoms with Crippen LogP contribution in [0.15, 0.2) is 53.3 Å². The van der Waals surface area contributed by atoms with Crippen LogP contribution in [0.1, 0.15) is 23.6 Å². The zero-order valence-electron chi connectivity index (χ0n) is 13.2. The quantitative estimate of drug-likeness (QED) is 0.778. The molecule has 112 valence electrons. The third kappa shape index (κ3) is 2.39. The maximum atomic E-state index is 12.8. The number of H-pyrrole nitrogens is 1. The van der Waals surface area contributed by atoms with Gasteiger partial charge in [-0.15, -0.1) is 0 Å². The van der Waals surface area contributed by atoms with Crippen molar-refractivity contribution in [1.82, 2.24) is 9.78 Å². The highest BCUT2D eigenvalue weighted by molar-refractivity contribution is 5.64. The number of benzene rings is 2. The molecule has 3 rings (SSSR count). The third-order valence-electron chi connectivity index (χ3n) is 4.00. The van der Waals surface area contributed by atoms with Gasteiger partial charge in [0.25, 0.3) is 5.56 Å². The minimum Gasteiger partial charge on any atom is -0.290 e. The number of aromatic amines is 1. The lowest BCUT2D eigenvalue weighted by Gasteiger charge is -2.06. The van der Waals surface area contributed by atoms with Gasteiger partial charge < -0.3 is 0 Å². The van der Waals surface area contributed by atoms with E-state index in [1.165, 1.54) is 5.56 Å². The molecule has 2 aromatic carbocycles. The highest BCUT2D eigenvalue weighted by Gasteiger charge is 2.16. The Morgan fingerprint density at radius 3 is 2.50 bits per heavy atom. The van der Waals surface area contributed by atoms with Gasteiger partial charge in [-0.05, 0) is 38.0 Å². The van der Waals surface area contributed by atoms with Crippen molar-refractivity contribution in [2.75, 3.05) is 0 Å². The van der Waals surface area contributed by atoms with Gasteiger partial charge in [0.05, 0.1) is 11.4 Å². The summed E-state index contributed by atoms with van der Waals surface area (Å²) < 4.78 is 1.66. The first-order chi connectivity index (χ1) is 10.6. The summed E-state index contributed by atoms with van der Waals surface area (Å²) in [6.45, 7) is 6.10. The number of para-hydroxylation sites is 1. The number of nitrogens with zero attached hydrogens (tertiary/aromatic N) is 1. The lowest BCUT2D eigenvalue weighted by Crippen LogP contribution is -2.17. The van der Waals surface area contributed by atoms with Crippen LogP contribution in [0.2, 0.25) is 0 Å². The SMILES string of the molecule is CCc1c(-c2cccc(C)c2)[nH]n(-c2ccccc2C)c1=O. The van der Waals surface area contributed by atoms with Gasteiger partial charge in [0.15, 0.2) is 0 Å². The molecule has 0 bridgehead atoms.